The van der Waals surface area contributed by atoms with Gasteiger partial charge in [0.15, 0.2) is 0 Å². The highest BCUT2D eigenvalue weighted by Gasteiger charge is 2.37. The van der Waals surface area contributed by atoms with E-state index in [0.29, 0.717) is 43.4 Å². The van der Waals surface area contributed by atoms with E-state index < -0.39 is 11.4 Å². The molecule has 2 aliphatic rings. The van der Waals surface area contributed by atoms with Crippen LogP contribution in [-0.2, 0) is 16.9 Å². The van der Waals surface area contributed by atoms with Crippen LogP contribution in [0.15, 0.2) is 29.6 Å². The van der Waals surface area contributed by atoms with Gasteiger partial charge in [-0.05, 0) is 50.4 Å². The average molecular weight is 449 g/mol. The van der Waals surface area contributed by atoms with Crippen molar-refractivity contribution in [2.75, 3.05) is 38.7 Å². The highest BCUT2D eigenvalue weighted by Crippen LogP contribution is 2.34. The summed E-state index contributed by atoms with van der Waals surface area (Å²) in [6.07, 6.45) is 3.15. The molecule has 1 aromatic carbocycles. The van der Waals surface area contributed by atoms with E-state index in [2.05, 4.69) is 10.2 Å². The predicted octanol–water partition coefficient (Wildman–Crippen LogP) is 3.41. The molecule has 168 valence electrons. The number of carbonyl (C=O) groups is 1. The Kier molecular flexibility index (Phi) is 6.86. The third kappa shape index (κ3) is 5.23. The maximum absolute atomic E-state index is 13.3. The number of aromatic nitrogens is 1. The van der Waals surface area contributed by atoms with E-state index in [9.17, 15) is 14.3 Å². The van der Waals surface area contributed by atoms with Crippen LogP contribution in [0.4, 0.5) is 14.9 Å². The van der Waals surface area contributed by atoms with Crippen molar-refractivity contribution in [3.63, 3.8) is 0 Å². The number of piperidine rings is 1. The van der Waals surface area contributed by atoms with Gasteiger partial charge in [0.1, 0.15) is 16.4 Å². The summed E-state index contributed by atoms with van der Waals surface area (Å²) >= 11 is 1.58. The maximum atomic E-state index is 13.3. The van der Waals surface area contributed by atoms with Gasteiger partial charge in [-0.25, -0.2) is 14.2 Å². The number of aliphatic hydroxyl groups is 1. The molecule has 1 atom stereocenters. The van der Waals surface area contributed by atoms with Crippen molar-refractivity contribution >= 4 is 23.1 Å². The summed E-state index contributed by atoms with van der Waals surface area (Å²) in [4.78, 5) is 21.3. The van der Waals surface area contributed by atoms with Crippen LogP contribution < -0.4 is 5.32 Å². The van der Waals surface area contributed by atoms with Gasteiger partial charge in [0.25, 0.3) is 0 Å². The Bertz CT molecular complexity index is 900. The summed E-state index contributed by atoms with van der Waals surface area (Å²) in [5.74, 6) is -0.396. The number of thiazole rings is 1. The van der Waals surface area contributed by atoms with Crippen LogP contribution in [0, 0.1) is 5.82 Å². The van der Waals surface area contributed by atoms with Crippen molar-refractivity contribution < 1.29 is 19.0 Å². The van der Waals surface area contributed by atoms with E-state index in [1.165, 1.54) is 18.6 Å². The number of benzene rings is 1. The van der Waals surface area contributed by atoms with Gasteiger partial charge >= 0.3 is 6.03 Å². The van der Waals surface area contributed by atoms with Gasteiger partial charge in [0, 0.05) is 37.3 Å². The van der Waals surface area contributed by atoms with E-state index in [4.69, 9.17) is 9.72 Å². The summed E-state index contributed by atoms with van der Waals surface area (Å²) < 4.78 is 18.7. The largest absolute Gasteiger partial charge is 0.383 e. The summed E-state index contributed by atoms with van der Waals surface area (Å²) in [5.41, 5.74) is 0.0882. The molecule has 9 heteroatoms. The van der Waals surface area contributed by atoms with Crippen molar-refractivity contribution in [3.8, 4) is 0 Å². The lowest BCUT2D eigenvalue weighted by Gasteiger charge is -2.37. The van der Waals surface area contributed by atoms with E-state index in [0.717, 1.165) is 31.1 Å². The lowest BCUT2D eigenvalue weighted by Crippen LogP contribution is -2.46. The normalized spacial score (nSPS) is 21.4. The lowest BCUT2D eigenvalue weighted by molar-refractivity contribution is -0.0190. The molecule has 3 heterocycles. The van der Waals surface area contributed by atoms with E-state index in [-0.39, 0.29) is 6.03 Å². The molecule has 1 aromatic heterocycles. The molecule has 2 amide bonds. The number of methoxy groups -OCH3 is 1. The summed E-state index contributed by atoms with van der Waals surface area (Å²) in [6, 6.07) is 5.96. The third-order valence-corrected chi connectivity index (χ3v) is 7.01. The van der Waals surface area contributed by atoms with Crippen LogP contribution >= 0.6 is 11.3 Å². The second-order valence-corrected chi connectivity index (χ2v) is 9.25. The molecule has 2 aromatic rings. The zero-order valence-corrected chi connectivity index (χ0v) is 18.5. The van der Waals surface area contributed by atoms with Gasteiger partial charge in [-0.1, -0.05) is 6.07 Å². The zero-order valence-electron chi connectivity index (χ0n) is 17.7. The quantitative estimate of drug-likeness (QED) is 0.708. The van der Waals surface area contributed by atoms with Crippen LogP contribution in [0.1, 0.15) is 36.4 Å². The molecule has 0 radical (unpaired) electrons. The Morgan fingerprint density at radius 2 is 2.19 bits per heavy atom. The number of urea groups is 1. The first-order valence-corrected chi connectivity index (χ1v) is 11.6. The molecule has 0 unspecified atom stereocenters. The standard InChI is InChI=1S/C22H29FN4O3S/c1-30-14-18-6-3-9-27(18)13-20-25-19(15-31-20)22(29)7-10-26(11-8-22)21(28)24-17-5-2-4-16(23)12-17/h2,4-5,12,15,18,29H,3,6-11,13-14H2,1H3,(H,24,28)/t18-/m1/s1. The van der Waals surface area contributed by atoms with E-state index in [1.54, 1.807) is 35.5 Å². The van der Waals surface area contributed by atoms with Crippen molar-refractivity contribution in [2.45, 2.75) is 43.9 Å². The molecule has 0 saturated carbocycles. The van der Waals surface area contributed by atoms with Crippen molar-refractivity contribution in [1.82, 2.24) is 14.8 Å². The topological polar surface area (TPSA) is 77.9 Å². The smallest absolute Gasteiger partial charge is 0.321 e. The first-order valence-electron chi connectivity index (χ1n) is 10.7. The van der Waals surface area contributed by atoms with Crippen LogP contribution in [-0.4, -0.2) is 65.3 Å². The lowest BCUT2D eigenvalue weighted by atomic mass is 9.89. The highest BCUT2D eigenvalue weighted by molar-refractivity contribution is 7.09. The van der Waals surface area contributed by atoms with Gasteiger partial charge < -0.3 is 20.1 Å². The first-order chi connectivity index (χ1) is 15.0. The van der Waals surface area contributed by atoms with Gasteiger partial charge in [-0.3, -0.25) is 4.90 Å². The molecule has 0 bridgehead atoms. The zero-order chi connectivity index (χ0) is 21.8. The van der Waals surface area contributed by atoms with Crippen molar-refractivity contribution in [1.29, 1.82) is 0 Å². The van der Waals surface area contributed by atoms with Crippen LogP contribution in [0.2, 0.25) is 0 Å². The van der Waals surface area contributed by atoms with Crippen molar-refractivity contribution in [2.24, 2.45) is 0 Å². The molecule has 7 nitrogen and oxygen atoms in total. The Morgan fingerprint density at radius 3 is 2.94 bits per heavy atom. The van der Waals surface area contributed by atoms with Gasteiger partial charge in [0.05, 0.1) is 18.8 Å². The monoisotopic (exact) mass is 448 g/mol. The number of nitrogens with zero attached hydrogens (tertiary/aromatic N) is 3. The molecule has 2 N–H and O–H groups in total. The molecule has 0 spiro atoms. The maximum Gasteiger partial charge on any atom is 0.321 e. The number of carbonyl (C=O) groups excluding carboxylic acids is 1. The Balaban J connectivity index is 1.33. The molecular weight excluding hydrogens is 419 g/mol. The third-order valence-electron chi connectivity index (χ3n) is 6.18. The fourth-order valence-corrected chi connectivity index (χ4v) is 5.27. The molecule has 31 heavy (non-hydrogen) atoms. The minimum Gasteiger partial charge on any atom is -0.383 e. The average Bonchev–Trinajstić information content (AvgIpc) is 3.39. The Hall–Kier alpha value is -2.07. The number of hydrogen-bond acceptors (Lipinski definition) is 6. The number of hydrogen-bond donors (Lipinski definition) is 2. The highest BCUT2D eigenvalue weighted by atomic mass is 32.1. The fraction of sp³-hybridized carbons (Fsp3) is 0.545. The van der Waals surface area contributed by atoms with E-state index in [1.807, 2.05) is 5.38 Å². The summed E-state index contributed by atoms with van der Waals surface area (Å²) in [5, 5.41) is 16.8. The number of halogens is 1. The SMILES string of the molecule is COC[C@H]1CCCN1Cc1nc(C2(O)CCN(C(=O)Nc3cccc(F)c3)CC2)cs1. The van der Waals surface area contributed by atoms with Gasteiger partial charge in [-0.15, -0.1) is 11.3 Å². The predicted molar refractivity (Wildman–Crippen MR) is 118 cm³/mol. The number of ether oxygens (including phenoxy) is 1. The molecule has 0 aliphatic carbocycles. The number of anilines is 1. The van der Waals surface area contributed by atoms with E-state index >= 15 is 0 Å². The van der Waals surface area contributed by atoms with Gasteiger partial charge in [-0.2, -0.15) is 0 Å². The summed E-state index contributed by atoms with van der Waals surface area (Å²) in [7, 11) is 1.73. The molecule has 4 rings (SSSR count). The minimum absolute atomic E-state index is 0.287. The molecule has 2 fully saturated rings. The Morgan fingerprint density at radius 1 is 1.39 bits per heavy atom. The summed E-state index contributed by atoms with van der Waals surface area (Å²) in [6.45, 7) is 3.37. The van der Waals surface area contributed by atoms with Crippen LogP contribution in [0.25, 0.3) is 0 Å². The molecular formula is C22H29FN4O3S. The second kappa shape index (κ2) is 9.60. The number of amides is 2. The first kappa shape index (κ1) is 22.1. The minimum atomic E-state index is -1.03. The number of likely N-dealkylation sites (tertiary alicyclic amines) is 2. The van der Waals surface area contributed by atoms with Crippen molar-refractivity contribution in [3.05, 3.63) is 46.2 Å². The second-order valence-electron chi connectivity index (χ2n) is 8.31. The Labute approximate surface area is 185 Å². The van der Waals surface area contributed by atoms with Crippen LogP contribution in [0.5, 0.6) is 0 Å². The number of rotatable bonds is 6. The number of nitrogens with one attached hydrogen (secondary N) is 1. The molecule has 2 aliphatic heterocycles. The van der Waals surface area contributed by atoms with Gasteiger partial charge in [0.2, 0.25) is 0 Å². The fourth-order valence-electron chi connectivity index (χ4n) is 4.36. The van der Waals surface area contributed by atoms with Crippen LogP contribution in [0.3, 0.4) is 0 Å². The molecule has 2 saturated heterocycles.